The Hall–Kier alpha value is -0.640. The molecule has 0 amide bonds. The average Bonchev–Trinajstić information content (AvgIpc) is 3.13. The molecule has 0 aromatic carbocycles. The maximum atomic E-state index is 4.29. The molecule has 1 N–H and O–H groups in total. The summed E-state index contributed by atoms with van der Waals surface area (Å²) in [5.41, 5.74) is 1.11. The van der Waals surface area contributed by atoms with Crippen LogP contribution in [0.25, 0.3) is 0 Å². The second-order valence-electron chi connectivity index (χ2n) is 4.70. The Bertz CT molecular complexity index is 314. The normalized spacial score (nSPS) is 16.6. The Labute approximate surface area is 110 Å². The standard InChI is InChI=1S/C13H21N3.ClH/c1-11(16(2)13-6-7-13)9-14-10-12-5-3-4-8-15-12;/h3-5,8,11,13-14H,6-7,9-10H2,1-2H3;1H. The number of halogens is 1. The van der Waals surface area contributed by atoms with Crippen LogP contribution in [0.3, 0.4) is 0 Å². The summed E-state index contributed by atoms with van der Waals surface area (Å²) in [5.74, 6) is 0. The lowest BCUT2D eigenvalue weighted by molar-refractivity contribution is 0.241. The molecule has 2 rings (SSSR count). The first-order valence-corrected chi connectivity index (χ1v) is 6.10. The molecule has 1 aliphatic carbocycles. The molecule has 0 bridgehead atoms. The number of aromatic nitrogens is 1. The van der Waals surface area contributed by atoms with Crippen LogP contribution in [-0.2, 0) is 6.54 Å². The summed E-state index contributed by atoms with van der Waals surface area (Å²) in [7, 11) is 2.23. The molecule has 1 aromatic heterocycles. The SMILES string of the molecule is CC(CNCc1ccccn1)N(C)C1CC1.Cl. The Balaban J connectivity index is 0.00000144. The first-order valence-electron chi connectivity index (χ1n) is 6.10. The van der Waals surface area contributed by atoms with Crippen molar-refractivity contribution in [2.24, 2.45) is 0 Å². The van der Waals surface area contributed by atoms with Crippen LogP contribution in [0.4, 0.5) is 0 Å². The molecule has 1 atom stereocenters. The summed E-state index contributed by atoms with van der Waals surface area (Å²) in [6.45, 7) is 4.18. The fraction of sp³-hybridized carbons (Fsp3) is 0.615. The Morgan fingerprint density at radius 1 is 1.47 bits per heavy atom. The highest BCUT2D eigenvalue weighted by molar-refractivity contribution is 5.85. The van der Waals surface area contributed by atoms with Crippen LogP contribution in [0.1, 0.15) is 25.5 Å². The minimum absolute atomic E-state index is 0. The van der Waals surface area contributed by atoms with Gasteiger partial charge >= 0.3 is 0 Å². The Morgan fingerprint density at radius 3 is 2.82 bits per heavy atom. The molecule has 96 valence electrons. The van der Waals surface area contributed by atoms with Gasteiger partial charge in [-0.1, -0.05) is 6.07 Å². The number of nitrogens with one attached hydrogen (secondary N) is 1. The molecule has 1 heterocycles. The highest BCUT2D eigenvalue weighted by atomic mass is 35.5. The van der Waals surface area contributed by atoms with Crippen molar-refractivity contribution in [3.8, 4) is 0 Å². The van der Waals surface area contributed by atoms with Gasteiger partial charge in [0.15, 0.2) is 0 Å². The molecule has 3 nitrogen and oxygen atoms in total. The molecule has 0 saturated heterocycles. The first kappa shape index (κ1) is 14.4. The number of pyridine rings is 1. The van der Waals surface area contributed by atoms with E-state index in [1.807, 2.05) is 18.3 Å². The smallest absolute Gasteiger partial charge is 0.0541 e. The lowest BCUT2D eigenvalue weighted by Crippen LogP contribution is -2.39. The van der Waals surface area contributed by atoms with Crippen LogP contribution in [0.5, 0.6) is 0 Å². The van der Waals surface area contributed by atoms with Crippen LogP contribution in [0.2, 0.25) is 0 Å². The van der Waals surface area contributed by atoms with E-state index in [2.05, 4.69) is 35.2 Å². The molecule has 1 fully saturated rings. The minimum atomic E-state index is 0. The fourth-order valence-electron chi connectivity index (χ4n) is 1.90. The number of likely N-dealkylation sites (N-methyl/N-ethyl adjacent to an activating group) is 1. The van der Waals surface area contributed by atoms with Crippen molar-refractivity contribution in [3.05, 3.63) is 30.1 Å². The quantitative estimate of drug-likeness (QED) is 0.844. The van der Waals surface area contributed by atoms with E-state index in [1.54, 1.807) is 0 Å². The Morgan fingerprint density at radius 2 is 2.24 bits per heavy atom. The van der Waals surface area contributed by atoms with Gasteiger partial charge in [-0.3, -0.25) is 9.88 Å². The van der Waals surface area contributed by atoms with E-state index >= 15 is 0 Å². The first-order chi connectivity index (χ1) is 7.77. The van der Waals surface area contributed by atoms with Gasteiger partial charge in [-0.05, 0) is 38.9 Å². The molecule has 0 aliphatic heterocycles. The predicted molar refractivity (Wildman–Crippen MR) is 73.4 cm³/mol. The third-order valence-electron chi connectivity index (χ3n) is 3.29. The minimum Gasteiger partial charge on any atom is -0.310 e. The zero-order valence-electron chi connectivity index (χ0n) is 10.6. The van der Waals surface area contributed by atoms with Crippen molar-refractivity contribution in [1.82, 2.24) is 15.2 Å². The van der Waals surface area contributed by atoms with Crippen molar-refractivity contribution in [2.45, 2.75) is 38.4 Å². The van der Waals surface area contributed by atoms with Crippen LogP contribution >= 0.6 is 12.4 Å². The summed E-state index contributed by atoms with van der Waals surface area (Å²) in [6, 6.07) is 7.49. The average molecular weight is 256 g/mol. The number of rotatable bonds is 6. The maximum Gasteiger partial charge on any atom is 0.0541 e. The third kappa shape index (κ3) is 4.62. The molecule has 17 heavy (non-hydrogen) atoms. The van der Waals surface area contributed by atoms with Crippen molar-refractivity contribution in [3.63, 3.8) is 0 Å². The van der Waals surface area contributed by atoms with Gasteiger partial charge < -0.3 is 5.32 Å². The van der Waals surface area contributed by atoms with Gasteiger partial charge in [0.1, 0.15) is 0 Å². The van der Waals surface area contributed by atoms with E-state index in [0.717, 1.165) is 24.8 Å². The summed E-state index contributed by atoms with van der Waals surface area (Å²) < 4.78 is 0. The zero-order chi connectivity index (χ0) is 11.4. The second kappa shape index (κ2) is 6.94. The number of nitrogens with zero attached hydrogens (tertiary/aromatic N) is 2. The molecule has 1 aromatic rings. The van der Waals surface area contributed by atoms with Gasteiger partial charge in [-0.25, -0.2) is 0 Å². The van der Waals surface area contributed by atoms with Gasteiger partial charge in [-0.2, -0.15) is 0 Å². The molecule has 1 unspecified atom stereocenters. The van der Waals surface area contributed by atoms with E-state index < -0.39 is 0 Å². The summed E-state index contributed by atoms with van der Waals surface area (Å²) in [6.07, 6.45) is 4.60. The maximum absolute atomic E-state index is 4.29. The highest BCUT2D eigenvalue weighted by Crippen LogP contribution is 2.26. The zero-order valence-corrected chi connectivity index (χ0v) is 11.4. The van der Waals surface area contributed by atoms with Crippen LogP contribution in [0, 0.1) is 0 Å². The van der Waals surface area contributed by atoms with E-state index in [-0.39, 0.29) is 12.4 Å². The van der Waals surface area contributed by atoms with Crippen LogP contribution in [0.15, 0.2) is 24.4 Å². The van der Waals surface area contributed by atoms with Crippen LogP contribution < -0.4 is 5.32 Å². The number of hydrogen-bond acceptors (Lipinski definition) is 3. The summed E-state index contributed by atoms with van der Waals surface area (Å²) in [4.78, 5) is 6.77. The van der Waals surface area contributed by atoms with Gasteiger partial charge in [0, 0.05) is 31.4 Å². The fourth-order valence-corrected chi connectivity index (χ4v) is 1.90. The summed E-state index contributed by atoms with van der Waals surface area (Å²) in [5, 5.41) is 3.46. The predicted octanol–water partition coefficient (Wildman–Crippen LogP) is 2.08. The summed E-state index contributed by atoms with van der Waals surface area (Å²) >= 11 is 0. The lowest BCUT2D eigenvalue weighted by atomic mass is 10.3. The molecular weight excluding hydrogens is 234 g/mol. The molecule has 1 saturated carbocycles. The largest absolute Gasteiger partial charge is 0.310 e. The van der Waals surface area contributed by atoms with Crippen molar-refractivity contribution >= 4 is 12.4 Å². The molecule has 0 radical (unpaired) electrons. The molecular formula is C13H22ClN3. The second-order valence-corrected chi connectivity index (χ2v) is 4.70. The highest BCUT2D eigenvalue weighted by Gasteiger charge is 2.28. The topological polar surface area (TPSA) is 28.2 Å². The van der Waals surface area contributed by atoms with Gasteiger partial charge in [0.25, 0.3) is 0 Å². The lowest BCUT2D eigenvalue weighted by Gasteiger charge is -2.24. The van der Waals surface area contributed by atoms with Crippen molar-refractivity contribution in [1.29, 1.82) is 0 Å². The molecule has 0 spiro atoms. The third-order valence-corrected chi connectivity index (χ3v) is 3.29. The Kier molecular flexibility index (Phi) is 5.89. The van der Waals surface area contributed by atoms with Crippen molar-refractivity contribution in [2.75, 3.05) is 13.6 Å². The van der Waals surface area contributed by atoms with E-state index in [9.17, 15) is 0 Å². The number of hydrogen-bond donors (Lipinski definition) is 1. The van der Waals surface area contributed by atoms with Gasteiger partial charge in [0.05, 0.1) is 5.69 Å². The van der Waals surface area contributed by atoms with E-state index in [4.69, 9.17) is 0 Å². The molecule has 4 heteroatoms. The van der Waals surface area contributed by atoms with Gasteiger partial charge in [-0.15, -0.1) is 12.4 Å². The van der Waals surface area contributed by atoms with Gasteiger partial charge in [0.2, 0.25) is 0 Å². The van der Waals surface area contributed by atoms with Crippen molar-refractivity contribution < 1.29 is 0 Å². The monoisotopic (exact) mass is 255 g/mol. The van der Waals surface area contributed by atoms with Crippen LogP contribution in [-0.4, -0.2) is 35.6 Å². The van der Waals surface area contributed by atoms with E-state index in [0.29, 0.717) is 6.04 Å². The van der Waals surface area contributed by atoms with E-state index in [1.165, 1.54) is 12.8 Å². The molecule has 1 aliphatic rings.